The van der Waals surface area contributed by atoms with Gasteiger partial charge < -0.3 is 5.32 Å². The van der Waals surface area contributed by atoms with Gasteiger partial charge in [-0.15, -0.1) is 0 Å². The molecule has 0 aromatic heterocycles. The van der Waals surface area contributed by atoms with Crippen LogP contribution in [-0.2, 0) is 6.42 Å². The van der Waals surface area contributed by atoms with Gasteiger partial charge in [-0.1, -0.05) is 44.4 Å². The molecule has 1 aromatic carbocycles. The molecule has 0 aliphatic heterocycles. The van der Waals surface area contributed by atoms with Crippen molar-refractivity contribution in [2.24, 2.45) is 11.8 Å². The molecule has 0 saturated heterocycles. The first-order chi connectivity index (χ1) is 9.63. The Kier molecular flexibility index (Phi) is 5.86. The van der Waals surface area contributed by atoms with E-state index in [0.717, 1.165) is 30.4 Å². The molecule has 20 heavy (non-hydrogen) atoms. The Labute approximate surface area is 126 Å². The number of likely N-dealkylation sites (N-methyl/N-ethyl adjacent to an activating group) is 1. The lowest BCUT2D eigenvalue weighted by Gasteiger charge is -2.25. The van der Waals surface area contributed by atoms with Crippen LogP contribution in [0.1, 0.15) is 45.1 Å². The minimum atomic E-state index is -0.259. The number of hydrogen-bond acceptors (Lipinski definition) is 1. The van der Waals surface area contributed by atoms with Crippen LogP contribution in [-0.4, -0.2) is 12.6 Å². The van der Waals surface area contributed by atoms with Crippen molar-refractivity contribution in [2.45, 2.75) is 52.0 Å². The molecule has 1 saturated carbocycles. The minimum Gasteiger partial charge on any atom is -0.314 e. The molecule has 0 radical (unpaired) electrons. The molecule has 1 aliphatic carbocycles. The van der Waals surface area contributed by atoms with Gasteiger partial charge in [0.1, 0.15) is 5.82 Å². The third-order valence-corrected chi connectivity index (χ3v) is 5.00. The summed E-state index contributed by atoms with van der Waals surface area (Å²) in [7, 11) is 0. The third kappa shape index (κ3) is 3.95. The summed E-state index contributed by atoms with van der Waals surface area (Å²) in [5, 5.41) is 4.16. The average Bonchev–Trinajstić information content (AvgIpc) is 2.90. The Morgan fingerprint density at radius 2 is 2.15 bits per heavy atom. The van der Waals surface area contributed by atoms with E-state index >= 15 is 0 Å². The summed E-state index contributed by atoms with van der Waals surface area (Å²) < 4.78 is 13.1. The summed E-state index contributed by atoms with van der Waals surface area (Å²) in [5.41, 5.74) is 1.05. The van der Waals surface area contributed by atoms with Crippen molar-refractivity contribution < 1.29 is 4.39 Å². The maximum Gasteiger partial charge on any atom is 0.124 e. The van der Waals surface area contributed by atoms with Gasteiger partial charge in [0.2, 0.25) is 0 Å². The van der Waals surface area contributed by atoms with Gasteiger partial charge in [0.25, 0.3) is 0 Å². The summed E-state index contributed by atoms with van der Waals surface area (Å²) >= 11 is 6.17. The quantitative estimate of drug-likeness (QED) is 0.793. The molecule has 0 heterocycles. The summed E-state index contributed by atoms with van der Waals surface area (Å²) in [6, 6.07) is 5.21. The van der Waals surface area contributed by atoms with Crippen molar-refractivity contribution in [3.05, 3.63) is 34.6 Å². The number of nitrogens with one attached hydrogen (secondary N) is 1. The van der Waals surface area contributed by atoms with E-state index in [1.165, 1.54) is 37.8 Å². The molecule has 3 unspecified atom stereocenters. The van der Waals surface area contributed by atoms with Gasteiger partial charge in [-0.25, -0.2) is 4.39 Å². The molecule has 3 heteroatoms. The molecule has 112 valence electrons. The van der Waals surface area contributed by atoms with Gasteiger partial charge in [0.05, 0.1) is 0 Å². The predicted molar refractivity (Wildman–Crippen MR) is 83.7 cm³/mol. The maximum atomic E-state index is 13.1. The summed E-state index contributed by atoms with van der Waals surface area (Å²) in [6.07, 6.45) is 6.14. The molecular weight excluding hydrogens is 273 g/mol. The normalized spacial score (nSPS) is 24.0. The SMILES string of the molecule is CCNC(Cc1ccc(F)cc1Cl)C1CCC(CC)C1. The molecule has 1 nitrogen and oxygen atoms in total. The lowest BCUT2D eigenvalue weighted by atomic mass is 9.91. The van der Waals surface area contributed by atoms with E-state index in [-0.39, 0.29) is 5.82 Å². The zero-order chi connectivity index (χ0) is 14.5. The van der Waals surface area contributed by atoms with E-state index in [1.807, 2.05) is 6.07 Å². The van der Waals surface area contributed by atoms with E-state index in [9.17, 15) is 4.39 Å². The van der Waals surface area contributed by atoms with Crippen LogP contribution in [0.4, 0.5) is 4.39 Å². The van der Waals surface area contributed by atoms with Crippen LogP contribution in [0, 0.1) is 17.7 Å². The summed E-state index contributed by atoms with van der Waals surface area (Å²) in [5.74, 6) is 1.34. The second-order valence-electron chi connectivity index (χ2n) is 5.95. The maximum absolute atomic E-state index is 13.1. The molecule has 1 aliphatic rings. The van der Waals surface area contributed by atoms with Crippen LogP contribution in [0.5, 0.6) is 0 Å². The fraction of sp³-hybridized carbons (Fsp3) is 0.647. The van der Waals surface area contributed by atoms with Crippen molar-refractivity contribution in [1.29, 1.82) is 0 Å². The lowest BCUT2D eigenvalue weighted by molar-refractivity contribution is 0.349. The van der Waals surface area contributed by atoms with E-state index < -0.39 is 0 Å². The Balaban J connectivity index is 2.05. The highest BCUT2D eigenvalue weighted by Gasteiger charge is 2.29. The highest BCUT2D eigenvalue weighted by Crippen LogP contribution is 2.36. The van der Waals surface area contributed by atoms with E-state index in [2.05, 4.69) is 19.2 Å². The van der Waals surface area contributed by atoms with Gasteiger partial charge in [-0.3, -0.25) is 0 Å². The van der Waals surface area contributed by atoms with Gasteiger partial charge in [0, 0.05) is 11.1 Å². The smallest absolute Gasteiger partial charge is 0.124 e. The highest BCUT2D eigenvalue weighted by molar-refractivity contribution is 6.31. The van der Waals surface area contributed by atoms with Crippen molar-refractivity contribution in [3.63, 3.8) is 0 Å². The van der Waals surface area contributed by atoms with Crippen LogP contribution in [0.3, 0.4) is 0 Å². The van der Waals surface area contributed by atoms with Gasteiger partial charge in [-0.05, 0) is 55.3 Å². The topological polar surface area (TPSA) is 12.0 Å². The van der Waals surface area contributed by atoms with Gasteiger partial charge in [-0.2, -0.15) is 0 Å². The highest BCUT2D eigenvalue weighted by atomic mass is 35.5. The molecule has 2 rings (SSSR count). The number of hydrogen-bond donors (Lipinski definition) is 1. The second kappa shape index (κ2) is 7.42. The first kappa shape index (κ1) is 15.8. The van der Waals surface area contributed by atoms with E-state index in [0.29, 0.717) is 11.1 Å². The lowest BCUT2D eigenvalue weighted by Crippen LogP contribution is -2.37. The molecular formula is C17H25ClFN. The summed E-state index contributed by atoms with van der Waals surface area (Å²) in [6.45, 7) is 5.40. The Bertz CT molecular complexity index is 435. The number of benzene rings is 1. The van der Waals surface area contributed by atoms with Gasteiger partial charge >= 0.3 is 0 Å². The zero-order valence-corrected chi connectivity index (χ0v) is 13.2. The van der Waals surface area contributed by atoms with Crippen molar-refractivity contribution in [2.75, 3.05) is 6.54 Å². The standard InChI is InChI=1S/C17H25ClFN/c1-3-12-5-6-14(9-12)17(20-4-2)10-13-7-8-15(19)11-16(13)18/h7-8,11-12,14,17,20H,3-6,9-10H2,1-2H3. The predicted octanol–water partition coefficient (Wildman–Crippen LogP) is 4.83. The van der Waals surface area contributed by atoms with Crippen molar-refractivity contribution in [3.8, 4) is 0 Å². The van der Waals surface area contributed by atoms with Crippen LogP contribution in [0.25, 0.3) is 0 Å². The Morgan fingerprint density at radius 1 is 1.35 bits per heavy atom. The van der Waals surface area contributed by atoms with Crippen LogP contribution in [0.15, 0.2) is 18.2 Å². The van der Waals surface area contributed by atoms with Crippen LogP contribution in [0.2, 0.25) is 5.02 Å². The summed E-state index contributed by atoms with van der Waals surface area (Å²) in [4.78, 5) is 0. The zero-order valence-electron chi connectivity index (χ0n) is 12.5. The van der Waals surface area contributed by atoms with Crippen molar-refractivity contribution in [1.82, 2.24) is 5.32 Å². The molecule has 0 amide bonds. The average molecular weight is 298 g/mol. The van der Waals surface area contributed by atoms with Crippen molar-refractivity contribution >= 4 is 11.6 Å². The molecule has 1 N–H and O–H groups in total. The molecule has 3 atom stereocenters. The fourth-order valence-corrected chi connectivity index (χ4v) is 3.69. The largest absolute Gasteiger partial charge is 0.314 e. The minimum absolute atomic E-state index is 0.259. The first-order valence-electron chi connectivity index (χ1n) is 7.81. The molecule has 1 fully saturated rings. The van der Waals surface area contributed by atoms with Crippen LogP contribution >= 0.6 is 11.6 Å². The van der Waals surface area contributed by atoms with E-state index in [1.54, 1.807) is 0 Å². The number of halogens is 2. The monoisotopic (exact) mass is 297 g/mol. The third-order valence-electron chi connectivity index (χ3n) is 4.65. The van der Waals surface area contributed by atoms with Crippen LogP contribution < -0.4 is 5.32 Å². The second-order valence-corrected chi connectivity index (χ2v) is 6.36. The Morgan fingerprint density at radius 3 is 2.75 bits per heavy atom. The molecule has 0 bridgehead atoms. The number of rotatable bonds is 6. The molecule has 1 aromatic rings. The first-order valence-corrected chi connectivity index (χ1v) is 8.19. The van der Waals surface area contributed by atoms with E-state index in [4.69, 9.17) is 11.6 Å². The Hall–Kier alpha value is -0.600. The molecule has 0 spiro atoms. The fourth-order valence-electron chi connectivity index (χ4n) is 3.44. The van der Waals surface area contributed by atoms with Gasteiger partial charge in [0.15, 0.2) is 0 Å².